The number of piperidine rings is 1. The van der Waals surface area contributed by atoms with Gasteiger partial charge in [0.2, 0.25) is 0 Å². The van der Waals surface area contributed by atoms with E-state index in [1.54, 1.807) is 23.5 Å². The summed E-state index contributed by atoms with van der Waals surface area (Å²) in [6, 6.07) is 7.34. The first kappa shape index (κ1) is 24.0. The van der Waals surface area contributed by atoms with Gasteiger partial charge in [-0.3, -0.25) is 9.69 Å². The zero-order valence-electron chi connectivity index (χ0n) is 15.9. The van der Waals surface area contributed by atoms with E-state index >= 15 is 0 Å². The first-order chi connectivity index (χ1) is 13.5. The van der Waals surface area contributed by atoms with Gasteiger partial charge in [-0.05, 0) is 61.5 Å². The van der Waals surface area contributed by atoms with Crippen molar-refractivity contribution in [2.75, 3.05) is 26.2 Å². The summed E-state index contributed by atoms with van der Waals surface area (Å²) in [5.74, 6) is -1.02. The van der Waals surface area contributed by atoms with E-state index in [1.165, 1.54) is 0 Å². The van der Waals surface area contributed by atoms with Crippen LogP contribution < -0.4 is 0 Å². The zero-order chi connectivity index (χ0) is 20.1. The summed E-state index contributed by atoms with van der Waals surface area (Å²) in [6.45, 7) is 4.48. The highest BCUT2D eigenvalue weighted by atomic mass is 35.5. The Morgan fingerprint density at radius 2 is 2.17 bits per heavy atom. The van der Waals surface area contributed by atoms with Crippen LogP contribution in [0.5, 0.6) is 0 Å². The van der Waals surface area contributed by atoms with Crippen LogP contribution in [0.25, 0.3) is 0 Å². The number of aryl methyl sites for hydroxylation is 1. The summed E-state index contributed by atoms with van der Waals surface area (Å²) in [5, 5.41) is 16.7. The van der Waals surface area contributed by atoms with Gasteiger partial charge in [0.25, 0.3) is 0 Å². The highest BCUT2D eigenvalue weighted by Gasteiger charge is 2.25. The summed E-state index contributed by atoms with van der Waals surface area (Å²) >= 11 is 14.0. The second kappa shape index (κ2) is 11.2. The van der Waals surface area contributed by atoms with Crippen molar-refractivity contribution in [3.8, 4) is 0 Å². The van der Waals surface area contributed by atoms with Crippen molar-refractivity contribution in [3.05, 3.63) is 55.7 Å². The number of nitrogens with zero attached hydrogens (tertiary/aromatic N) is 2. The molecule has 0 spiro atoms. The minimum atomic E-state index is -0.725. The fraction of sp³-hybridized carbons (Fsp3) is 0.400. The Morgan fingerprint density at radius 1 is 1.38 bits per heavy atom. The minimum absolute atomic E-state index is 0. The summed E-state index contributed by atoms with van der Waals surface area (Å²) in [7, 11) is 0. The molecule has 9 heteroatoms. The average Bonchev–Trinajstić information content (AvgIpc) is 3.08. The third-order valence-corrected chi connectivity index (χ3v) is 6.34. The molecular weight excluding hydrogens is 455 g/mol. The van der Waals surface area contributed by atoms with E-state index in [0.717, 1.165) is 35.4 Å². The molecule has 1 aromatic carbocycles. The molecule has 2 heterocycles. The van der Waals surface area contributed by atoms with Crippen molar-refractivity contribution in [1.29, 1.82) is 0 Å². The van der Waals surface area contributed by atoms with Gasteiger partial charge in [0, 0.05) is 23.7 Å². The van der Waals surface area contributed by atoms with Crippen molar-refractivity contribution in [2.45, 2.75) is 19.8 Å². The molecule has 0 aliphatic carbocycles. The van der Waals surface area contributed by atoms with E-state index in [2.05, 4.69) is 10.1 Å². The topological polar surface area (TPSA) is 62.1 Å². The van der Waals surface area contributed by atoms with Crippen LogP contribution in [0.2, 0.25) is 10.0 Å². The van der Waals surface area contributed by atoms with Gasteiger partial charge < -0.3 is 9.94 Å². The molecule has 1 N–H and O–H groups in total. The number of carboxylic acid groups (broad SMARTS) is 1. The summed E-state index contributed by atoms with van der Waals surface area (Å²) < 4.78 is 0. The minimum Gasteiger partial charge on any atom is -0.481 e. The predicted octanol–water partition coefficient (Wildman–Crippen LogP) is 5.35. The normalized spacial score (nSPS) is 17.6. The maximum Gasteiger partial charge on any atom is 0.307 e. The van der Waals surface area contributed by atoms with Gasteiger partial charge in [-0.1, -0.05) is 28.4 Å². The lowest BCUT2D eigenvalue weighted by Crippen LogP contribution is -2.40. The number of benzene rings is 1. The van der Waals surface area contributed by atoms with E-state index < -0.39 is 5.97 Å². The lowest BCUT2D eigenvalue weighted by atomic mass is 9.98. The SMILES string of the molecule is Cc1ccsc1/C(=N/OCCN1CCC[C@@H](C(=O)O)C1)c1ccc(Cl)cc1Cl.Cl. The van der Waals surface area contributed by atoms with Gasteiger partial charge in [0.1, 0.15) is 12.3 Å². The Hall–Kier alpha value is -1.31. The molecule has 1 fully saturated rings. The Bertz CT molecular complexity index is 872. The van der Waals surface area contributed by atoms with E-state index in [0.29, 0.717) is 35.5 Å². The van der Waals surface area contributed by atoms with Gasteiger partial charge in [-0.15, -0.1) is 23.7 Å². The highest BCUT2D eigenvalue weighted by Crippen LogP contribution is 2.27. The van der Waals surface area contributed by atoms with E-state index in [-0.39, 0.29) is 18.3 Å². The van der Waals surface area contributed by atoms with Crippen molar-refractivity contribution < 1.29 is 14.7 Å². The fourth-order valence-corrected chi connectivity index (χ4v) is 4.67. The summed E-state index contributed by atoms with van der Waals surface area (Å²) in [6.07, 6.45) is 1.63. The van der Waals surface area contributed by atoms with Gasteiger partial charge >= 0.3 is 5.97 Å². The number of likely N-dealkylation sites (tertiary alicyclic amines) is 1. The second-order valence-corrected chi connectivity index (χ2v) is 8.57. The van der Waals surface area contributed by atoms with Crippen LogP contribution in [0.3, 0.4) is 0 Å². The molecule has 5 nitrogen and oxygen atoms in total. The monoisotopic (exact) mass is 476 g/mol. The molecule has 1 aliphatic heterocycles. The van der Waals surface area contributed by atoms with Crippen LogP contribution in [0.4, 0.5) is 0 Å². The van der Waals surface area contributed by atoms with E-state index in [1.807, 2.05) is 24.4 Å². The van der Waals surface area contributed by atoms with Crippen LogP contribution in [0, 0.1) is 12.8 Å². The number of hydrogen-bond acceptors (Lipinski definition) is 5. The molecule has 0 amide bonds. The smallest absolute Gasteiger partial charge is 0.307 e. The zero-order valence-corrected chi connectivity index (χ0v) is 19.1. The van der Waals surface area contributed by atoms with Crippen LogP contribution in [-0.2, 0) is 9.63 Å². The van der Waals surface area contributed by atoms with Gasteiger partial charge in [-0.2, -0.15) is 0 Å². The third kappa shape index (κ3) is 6.33. The number of hydrogen-bond donors (Lipinski definition) is 1. The molecule has 158 valence electrons. The van der Waals surface area contributed by atoms with Gasteiger partial charge in [-0.25, -0.2) is 0 Å². The molecule has 0 bridgehead atoms. The van der Waals surface area contributed by atoms with Crippen molar-refractivity contribution >= 4 is 58.6 Å². The fourth-order valence-electron chi connectivity index (χ4n) is 3.25. The number of rotatable bonds is 7. The van der Waals surface area contributed by atoms with Crippen molar-refractivity contribution in [3.63, 3.8) is 0 Å². The van der Waals surface area contributed by atoms with E-state index in [4.69, 9.17) is 28.0 Å². The number of carboxylic acids is 1. The molecule has 0 unspecified atom stereocenters. The van der Waals surface area contributed by atoms with Crippen LogP contribution in [-0.4, -0.2) is 47.9 Å². The molecule has 1 aromatic heterocycles. The Kier molecular flexibility index (Phi) is 9.24. The maximum absolute atomic E-state index is 11.2. The average molecular weight is 478 g/mol. The molecule has 0 radical (unpaired) electrons. The molecule has 1 saturated heterocycles. The van der Waals surface area contributed by atoms with E-state index in [9.17, 15) is 9.90 Å². The first-order valence-electron chi connectivity index (χ1n) is 9.10. The van der Waals surface area contributed by atoms with Crippen LogP contribution >= 0.6 is 46.9 Å². The predicted molar refractivity (Wildman–Crippen MR) is 121 cm³/mol. The maximum atomic E-state index is 11.2. The number of halogens is 3. The molecule has 1 atom stereocenters. The number of oxime groups is 1. The quantitative estimate of drug-likeness (QED) is 0.332. The molecule has 0 saturated carbocycles. The molecule has 3 rings (SSSR count). The molecule has 1 aliphatic rings. The van der Waals surface area contributed by atoms with Gasteiger partial charge in [0.15, 0.2) is 0 Å². The van der Waals surface area contributed by atoms with Crippen molar-refractivity contribution in [1.82, 2.24) is 4.90 Å². The lowest BCUT2D eigenvalue weighted by molar-refractivity contribution is -0.143. The molecular formula is C20H23Cl3N2O3S. The number of carbonyl (C=O) groups is 1. The van der Waals surface area contributed by atoms with Gasteiger partial charge in [0.05, 0.1) is 15.8 Å². The highest BCUT2D eigenvalue weighted by molar-refractivity contribution is 7.12. The number of aliphatic carboxylic acids is 1. The third-order valence-electron chi connectivity index (χ3n) is 4.77. The Morgan fingerprint density at radius 3 is 2.83 bits per heavy atom. The summed E-state index contributed by atoms with van der Waals surface area (Å²) in [5.41, 5.74) is 2.54. The first-order valence-corrected chi connectivity index (χ1v) is 10.7. The molecule has 2 aromatic rings. The van der Waals surface area contributed by atoms with Crippen LogP contribution in [0.1, 0.15) is 28.8 Å². The lowest BCUT2D eigenvalue weighted by Gasteiger charge is -2.29. The summed E-state index contributed by atoms with van der Waals surface area (Å²) in [4.78, 5) is 19.9. The van der Waals surface area contributed by atoms with Crippen LogP contribution in [0.15, 0.2) is 34.8 Å². The Labute approximate surface area is 190 Å². The van der Waals surface area contributed by atoms with Crippen molar-refractivity contribution in [2.24, 2.45) is 11.1 Å². The Balaban J connectivity index is 0.00000300. The largest absolute Gasteiger partial charge is 0.481 e. The standard InChI is InChI=1S/C20H22Cl2N2O3S.ClH/c1-13-6-10-28-19(13)18(16-5-4-15(21)11-17(16)22)23-27-9-8-24-7-2-3-14(12-24)20(25)26;/h4-6,10-11,14H,2-3,7-9,12H2,1H3,(H,25,26);1H/b23-18+;/t14-;/m1./s1. The molecule has 29 heavy (non-hydrogen) atoms. The second-order valence-electron chi connectivity index (χ2n) is 6.81. The number of thiophene rings is 1.